The van der Waals surface area contributed by atoms with Gasteiger partial charge < -0.3 is 19.8 Å². The predicted octanol–water partition coefficient (Wildman–Crippen LogP) is 5.56. The molecule has 0 atom stereocenters. The molecule has 0 saturated heterocycles. The van der Waals surface area contributed by atoms with Crippen molar-refractivity contribution in [1.29, 1.82) is 0 Å². The van der Waals surface area contributed by atoms with Crippen molar-refractivity contribution in [3.63, 3.8) is 0 Å². The Labute approximate surface area is 262 Å². The van der Waals surface area contributed by atoms with Gasteiger partial charge in [0.05, 0.1) is 34.7 Å². The molecule has 0 aliphatic carbocycles. The Morgan fingerprint density at radius 3 is 0.953 bits per heavy atom. The molecule has 2 aromatic heterocycles. The van der Waals surface area contributed by atoms with Crippen molar-refractivity contribution >= 4 is 11.9 Å². The molecule has 0 aliphatic rings. The SMILES string of the molecule is O=C([O-])c1cc(-c2ccccc2)cc(-c2ccccc2)n1.O=C([O-])c1cc(-c2ccccc2)cc(-c2ccccc2)n1.[Ir+3]. The second-order valence-electron chi connectivity index (χ2n) is 9.29. The van der Waals surface area contributed by atoms with E-state index in [2.05, 4.69) is 9.97 Å². The summed E-state index contributed by atoms with van der Waals surface area (Å²) in [6.45, 7) is 0. The maximum absolute atomic E-state index is 11.2. The molecule has 6 rings (SSSR count). The Balaban J connectivity index is 0.000000192. The molecule has 0 fully saturated rings. The number of benzene rings is 4. The minimum Gasteiger partial charge on any atom is -0.543 e. The smallest absolute Gasteiger partial charge is 0.543 e. The maximum Gasteiger partial charge on any atom is 3.00 e. The Kier molecular flexibility index (Phi) is 10.4. The molecule has 6 aromatic rings. The van der Waals surface area contributed by atoms with Crippen LogP contribution < -0.4 is 10.2 Å². The number of hydrogen-bond acceptors (Lipinski definition) is 6. The zero-order valence-corrected chi connectivity index (χ0v) is 25.1. The van der Waals surface area contributed by atoms with Gasteiger partial charge in [0.2, 0.25) is 0 Å². The predicted molar refractivity (Wildman–Crippen MR) is 159 cm³/mol. The van der Waals surface area contributed by atoms with Gasteiger partial charge in [-0.3, -0.25) is 0 Å². The van der Waals surface area contributed by atoms with Gasteiger partial charge in [0.1, 0.15) is 0 Å². The van der Waals surface area contributed by atoms with E-state index in [1.165, 1.54) is 12.1 Å². The molecule has 6 nitrogen and oxygen atoms in total. The molecule has 210 valence electrons. The van der Waals surface area contributed by atoms with Gasteiger partial charge in [-0.05, 0) is 46.5 Å². The number of pyridine rings is 2. The van der Waals surface area contributed by atoms with Gasteiger partial charge in [0.25, 0.3) is 0 Å². The zero-order valence-electron chi connectivity index (χ0n) is 22.7. The fourth-order valence-corrected chi connectivity index (χ4v) is 4.38. The van der Waals surface area contributed by atoms with Gasteiger partial charge >= 0.3 is 20.1 Å². The minimum absolute atomic E-state index is 0. The summed E-state index contributed by atoms with van der Waals surface area (Å²) in [6, 6.07) is 45.1. The van der Waals surface area contributed by atoms with E-state index in [4.69, 9.17) is 0 Å². The third-order valence-electron chi connectivity index (χ3n) is 6.42. The third kappa shape index (κ3) is 7.95. The van der Waals surface area contributed by atoms with Crippen molar-refractivity contribution in [3.05, 3.63) is 157 Å². The second kappa shape index (κ2) is 14.6. The first kappa shape index (κ1) is 30.7. The Morgan fingerprint density at radius 2 is 0.674 bits per heavy atom. The molecule has 0 radical (unpaired) electrons. The number of hydrogen-bond donors (Lipinski definition) is 0. The summed E-state index contributed by atoms with van der Waals surface area (Å²) in [4.78, 5) is 30.7. The van der Waals surface area contributed by atoms with Gasteiger partial charge in [-0.25, -0.2) is 9.97 Å². The molecule has 43 heavy (non-hydrogen) atoms. The van der Waals surface area contributed by atoms with Crippen LogP contribution in [0.1, 0.15) is 21.0 Å². The molecule has 0 amide bonds. The number of aromatic carboxylic acids is 2. The average Bonchev–Trinajstić information content (AvgIpc) is 3.06. The molecule has 0 bridgehead atoms. The number of aromatic nitrogens is 2. The van der Waals surface area contributed by atoms with Crippen LogP contribution in [0.15, 0.2) is 146 Å². The summed E-state index contributed by atoms with van der Waals surface area (Å²) < 4.78 is 0. The second-order valence-corrected chi connectivity index (χ2v) is 9.29. The molecule has 2 heterocycles. The quantitative estimate of drug-likeness (QED) is 0.222. The van der Waals surface area contributed by atoms with Crippen molar-refractivity contribution in [2.45, 2.75) is 0 Å². The number of carboxylic acids is 2. The van der Waals surface area contributed by atoms with Crippen LogP contribution in [0.3, 0.4) is 0 Å². The molecular weight excluding hydrogens is 717 g/mol. The normalized spacial score (nSPS) is 10.0. The van der Waals surface area contributed by atoms with Crippen molar-refractivity contribution in [2.75, 3.05) is 0 Å². The molecule has 0 spiro atoms. The van der Waals surface area contributed by atoms with E-state index in [0.717, 1.165) is 33.4 Å². The van der Waals surface area contributed by atoms with E-state index in [9.17, 15) is 19.8 Å². The number of carboxylic acid groups (broad SMARTS) is 2. The summed E-state index contributed by atoms with van der Waals surface area (Å²) in [6.07, 6.45) is 0. The first-order chi connectivity index (χ1) is 20.5. The topological polar surface area (TPSA) is 106 Å². The Bertz CT molecular complexity index is 1560. The zero-order chi connectivity index (χ0) is 29.3. The number of carbonyl (C=O) groups is 2. The molecule has 0 saturated carbocycles. The van der Waals surface area contributed by atoms with Crippen molar-refractivity contribution in [3.8, 4) is 44.8 Å². The van der Waals surface area contributed by atoms with E-state index in [-0.39, 0.29) is 31.5 Å². The van der Waals surface area contributed by atoms with E-state index in [1.54, 1.807) is 0 Å². The molecule has 0 aliphatic heterocycles. The van der Waals surface area contributed by atoms with Gasteiger partial charge in [0, 0.05) is 11.1 Å². The Morgan fingerprint density at radius 1 is 0.395 bits per heavy atom. The van der Waals surface area contributed by atoms with Crippen LogP contribution in [-0.4, -0.2) is 21.9 Å². The summed E-state index contributed by atoms with van der Waals surface area (Å²) in [5.41, 5.74) is 6.37. The van der Waals surface area contributed by atoms with Crippen LogP contribution in [0.2, 0.25) is 0 Å². The fraction of sp³-hybridized carbons (Fsp3) is 0. The molecule has 0 unspecified atom stereocenters. The van der Waals surface area contributed by atoms with Crippen molar-refractivity contribution in [2.24, 2.45) is 0 Å². The molecule has 7 heteroatoms. The largest absolute Gasteiger partial charge is 3.00 e. The van der Waals surface area contributed by atoms with E-state index in [0.29, 0.717) is 11.4 Å². The third-order valence-corrected chi connectivity index (χ3v) is 6.42. The van der Waals surface area contributed by atoms with E-state index < -0.39 is 11.9 Å². The summed E-state index contributed by atoms with van der Waals surface area (Å²) >= 11 is 0. The van der Waals surface area contributed by atoms with Gasteiger partial charge in [0.15, 0.2) is 0 Å². The fourth-order valence-electron chi connectivity index (χ4n) is 4.38. The van der Waals surface area contributed by atoms with E-state index in [1.807, 2.05) is 133 Å². The molecule has 4 aromatic carbocycles. The van der Waals surface area contributed by atoms with Crippen LogP contribution in [0.5, 0.6) is 0 Å². The first-order valence-corrected chi connectivity index (χ1v) is 13.2. The summed E-state index contributed by atoms with van der Waals surface area (Å²) in [5.74, 6) is -2.55. The van der Waals surface area contributed by atoms with Crippen LogP contribution in [0.25, 0.3) is 44.8 Å². The average molecular weight is 741 g/mol. The van der Waals surface area contributed by atoms with Crippen molar-refractivity contribution in [1.82, 2.24) is 9.97 Å². The summed E-state index contributed by atoms with van der Waals surface area (Å²) in [7, 11) is 0. The number of nitrogens with zero attached hydrogens (tertiary/aromatic N) is 2. The Hall–Kier alpha value is -5.23. The summed E-state index contributed by atoms with van der Waals surface area (Å²) in [5, 5.41) is 22.4. The monoisotopic (exact) mass is 741 g/mol. The van der Waals surface area contributed by atoms with Crippen LogP contribution >= 0.6 is 0 Å². The van der Waals surface area contributed by atoms with E-state index >= 15 is 0 Å². The van der Waals surface area contributed by atoms with Gasteiger partial charge in [-0.2, -0.15) is 0 Å². The molecular formula is C36H24IrN2O4+. The van der Waals surface area contributed by atoms with Crippen LogP contribution in [-0.2, 0) is 20.1 Å². The van der Waals surface area contributed by atoms with Crippen LogP contribution in [0.4, 0.5) is 0 Å². The maximum atomic E-state index is 11.2. The first-order valence-electron chi connectivity index (χ1n) is 13.2. The molecule has 0 N–H and O–H groups in total. The van der Waals surface area contributed by atoms with Gasteiger partial charge in [-0.15, -0.1) is 0 Å². The number of carbonyl (C=O) groups excluding carboxylic acids is 2. The van der Waals surface area contributed by atoms with Gasteiger partial charge in [-0.1, -0.05) is 121 Å². The van der Waals surface area contributed by atoms with Crippen molar-refractivity contribution < 1.29 is 39.9 Å². The minimum atomic E-state index is -1.27. The van der Waals surface area contributed by atoms with Crippen LogP contribution in [0, 0.1) is 0 Å². The number of rotatable bonds is 6. The standard InChI is InChI=1S/2C18H13NO2.Ir/c2*20-18(21)17-12-15(13-7-3-1-4-8-13)11-16(19-17)14-9-5-2-6-10-14;/h2*1-12H,(H,20,21);/q;;+3/p-2.